The molecule has 78 valence electrons. The highest BCUT2D eigenvalue weighted by Gasteiger charge is 2.33. The first kappa shape index (κ1) is 10.5. The highest BCUT2D eigenvalue weighted by Crippen LogP contribution is 2.38. The van der Waals surface area contributed by atoms with Crippen molar-refractivity contribution in [2.45, 2.75) is 6.10 Å². The molecule has 0 amide bonds. The first-order valence-electron chi connectivity index (χ1n) is 4.14. The standard InChI is InChI=1S/C10H6BrClO3/c11-7-8(13)10(14)15-9(7)5-2-1-3-6(12)4-5/h1-4,9,13H. The summed E-state index contributed by atoms with van der Waals surface area (Å²) >= 11 is 8.92. The van der Waals surface area contributed by atoms with Crippen molar-refractivity contribution in [2.75, 3.05) is 0 Å². The molecule has 1 aromatic carbocycles. The molecule has 0 saturated heterocycles. The Labute approximate surface area is 99.4 Å². The van der Waals surface area contributed by atoms with Gasteiger partial charge in [-0.15, -0.1) is 0 Å². The van der Waals surface area contributed by atoms with Gasteiger partial charge in [0.25, 0.3) is 0 Å². The Morgan fingerprint density at radius 2 is 2.20 bits per heavy atom. The number of halogens is 2. The highest BCUT2D eigenvalue weighted by atomic mass is 79.9. The second-order valence-electron chi connectivity index (χ2n) is 3.04. The number of hydrogen-bond donors (Lipinski definition) is 1. The van der Waals surface area contributed by atoms with E-state index in [0.29, 0.717) is 15.1 Å². The second-order valence-corrected chi connectivity index (χ2v) is 4.33. The summed E-state index contributed by atoms with van der Waals surface area (Å²) in [5, 5.41) is 9.84. The molecular weight excluding hydrogens is 283 g/mol. The minimum absolute atomic E-state index is 0.328. The Bertz CT molecular complexity index is 456. The van der Waals surface area contributed by atoms with Crippen molar-refractivity contribution in [3.63, 3.8) is 0 Å². The summed E-state index contributed by atoms with van der Waals surface area (Å²) in [4.78, 5) is 11.1. The molecule has 0 bridgehead atoms. The van der Waals surface area contributed by atoms with Crippen LogP contribution in [0.3, 0.4) is 0 Å². The van der Waals surface area contributed by atoms with Gasteiger partial charge >= 0.3 is 5.97 Å². The molecule has 2 rings (SSSR count). The number of benzene rings is 1. The maximum atomic E-state index is 11.1. The summed E-state index contributed by atoms with van der Waals surface area (Å²) < 4.78 is 5.29. The molecule has 0 saturated carbocycles. The lowest BCUT2D eigenvalue weighted by molar-refractivity contribution is -0.142. The van der Waals surface area contributed by atoms with Crippen molar-refractivity contribution < 1.29 is 14.6 Å². The minimum atomic E-state index is -0.730. The zero-order valence-corrected chi connectivity index (χ0v) is 9.75. The number of aliphatic hydroxyl groups is 1. The molecule has 0 radical (unpaired) electrons. The van der Waals surface area contributed by atoms with Crippen molar-refractivity contribution in [3.8, 4) is 0 Å². The maximum absolute atomic E-state index is 11.1. The molecule has 3 nitrogen and oxygen atoms in total. The van der Waals surface area contributed by atoms with Crippen molar-refractivity contribution >= 4 is 33.5 Å². The van der Waals surface area contributed by atoms with Crippen LogP contribution in [0, 0.1) is 0 Å². The molecule has 1 heterocycles. The first-order chi connectivity index (χ1) is 7.09. The number of esters is 1. The van der Waals surface area contributed by atoms with Gasteiger partial charge < -0.3 is 9.84 Å². The number of cyclic esters (lactones) is 1. The number of rotatable bonds is 1. The molecule has 1 aliphatic rings. The first-order valence-corrected chi connectivity index (χ1v) is 5.32. The monoisotopic (exact) mass is 288 g/mol. The largest absolute Gasteiger partial charge is 0.501 e. The van der Waals surface area contributed by atoms with Crippen LogP contribution in [0.1, 0.15) is 11.7 Å². The summed E-state index contributed by atoms with van der Waals surface area (Å²) in [6.07, 6.45) is -0.601. The lowest BCUT2D eigenvalue weighted by Gasteiger charge is -2.10. The molecule has 0 aliphatic carbocycles. The van der Waals surface area contributed by atoms with E-state index in [1.54, 1.807) is 24.3 Å². The van der Waals surface area contributed by atoms with Crippen LogP contribution in [0.15, 0.2) is 34.5 Å². The SMILES string of the molecule is O=C1OC(c2cccc(Cl)c2)C(Br)=C1O. The third kappa shape index (κ3) is 1.87. The van der Waals surface area contributed by atoms with E-state index in [1.165, 1.54) is 0 Å². The minimum Gasteiger partial charge on any atom is -0.501 e. The van der Waals surface area contributed by atoms with Gasteiger partial charge in [0.1, 0.15) is 0 Å². The van der Waals surface area contributed by atoms with Crippen LogP contribution in [0.2, 0.25) is 5.02 Å². The third-order valence-electron chi connectivity index (χ3n) is 2.03. The fourth-order valence-corrected chi connectivity index (χ4v) is 2.04. The van der Waals surface area contributed by atoms with Gasteiger partial charge in [-0.05, 0) is 33.6 Å². The molecule has 15 heavy (non-hydrogen) atoms. The van der Waals surface area contributed by atoms with Gasteiger partial charge in [-0.25, -0.2) is 4.79 Å². The van der Waals surface area contributed by atoms with E-state index in [4.69, 9.17) is 16.3 Å². The number of hydrogen-bond acceptors (Lipinski definition) is 3. The molecule has 0 fully saturated rings. The van der Waals surface area contributed by atoms with Gasteiger partial charge in [0.05, 0.1) is 4.48 Å². The Balaban J connectivity index is 2.39. The molecule has 1 unspecified atom stereocenters. The highest BCUT2D eigenvalue weighted by molar-refractivity contribution is 9.11. The predicted molar refractivity (Wildman–Crippen MR) is 58.9 cm³/mol. The number of carbonyl (C=O) groups excluding carboxylic acids is 1. The van der Waals surface area contributed by atoms with Crippen LogP contribution in [0.5, 0.6) is 0 Å². The fourth-order valence-electron chi connectivity index (χ4n) is 1.32. The van der Waals surface area contributed by atoms with Crippen LogP contribution < -0.4 is 0 Å². The molecule has 1 atom stereocenters. The van der Waals surface area contributed by atoms with Gasteiger partial charge in [0, 0.05) is 5.02 Å². The lowest BCUT2D eigenvalue weighted by Crippen LogP contribution is -2.02. The molecular formula is C10H6BrClO3. The van der Waals surface area contributed by atoms with E-state index in [9.17, 15) is 9.90 Å². The van der Waals surface area contributed by atoms with Gasteiger partial charge in [-0.3, -0.25) is 0 Å². The van der Waals surface area contributed by atoms with E-state index < -0.39 is 12.1 Å². The van der Waals surface area contributed by atoms with Crippen LogP contribution in [-0.4, -0.2) is 11.1 Å². The number of carbonyl (C=O) groups is 1. The van der Waals surface area contributed by atoms with Crippen LogP contribution in [0.4, 0.5) is 0 Å². The fraction of sp³-hybridized carbons (Fsp3) is 0.100. The quantitative estimate of drug-likeness (QED) is 0.808. The molecule has 1 N–H and O–H groups in total. The molecule has 1 aromatic rings. The average molecular weight is 290 g/mol. The van der Waals surface area contributed by atoms with Crippen molar-refractivity contribution in [2.24, 2.45) is 0 Å². The number of ether oxygens (including phenoxy) is 1. The van der Waals surface area contributed by atoms with E-state index in [0.717, 1.165) is 0 Å². The van der Waals surface area contributed by atoms with Gasteiger partial charge in [-0.2, -0.15) is 0 Å². The normalized spacial score (nSPS) is 20.7. The predicted octanol–water partition coefficient (Wildman–Crippen LogP) is 3.10. The third-order valence-corrected chi connectivity index (χ3v) is 3.05. The van der Waals surface area contributed by atoms with E-state index in [2.05, 4.69) is 15.9 Å². The van der Waals surface area contributed by atoms with Crippen molar-refractivity contribution in [1.29, 1.82) is 0 Å². The lowest BCUT2D eigenvalue weighted by atomic mass is 10.1. The molecule has 0 aromatic heterocycles. The summed E-state index contributed by atoms with van der Waals surface area (Å²) in [6, 6.07) is 6.92. The Kier molecular flexibility index (Phi) is 2.71. The van der Waals surface area contributed by atoms with Crippen LogP contribution >= 0.6 is 27.5 Å². The molecule has 5 heteroatoms. The summed E-state index contributed by atoms with van der Waals surface area (Å²) in [6.45, 7) is 0. The molecule has 1 aliphatic heterocycles. The van der Waals surface area contributed by atoms with E-state index >= 15 is 0 Å². The topological polar surface area (TPSA) is 46.5 Å². The van der Waals surface area contributed by atoms with E-state index in [-0.39, 0.29) is 5.76 Å². The zero-order chi connectivity index (χ0) is 11.0. The van der Waals surface area contributed by atoms with E-state index in [1.807, 2.05) is 0 Å². The van der Waals surface area contributed by atoms with Gasteiger partial charge in [-0.1, -0.05) is 23.7 Å². The van der Waals surface area contributed by atoms with Crippen LogP contribution in [-0.2, 0) is 9.53 Å². The van der Waals surface area contributed by atoms with Gasteiger partial charge in [0.15, 0.2) is 6.10 Å². The Morgan fingerprint density at radius 1 is 1.47 bits per heavy atom. The Hall–Kier alpha value is -1.00. The smallest absolute Gasteiger partial charge is 0.375 e. The maximum Gasteiger partial charge on any atom is 0.375 e. The van der Waals surface area contributed by atoms with Crippen LogP contribution in [0.25, 0.3) is 0 Å². The summed E-state index contributed by atoms with van der Waals surface area (Å²) in [7, 11) is 0. The van der Waals surface area contributed by atoms with Gasteiger partial charge in [0.2, 0.25) is 5.76 Å². The van der Waals surface area contributed by atoms with Crippen molar-refractivity contribution in [1.82, 2.24) is 0 Å². The van der Waals surface area contributed by atoms with Crippen molar-refractivity contribution in [3.05, 3.63) is 45.1 Å². The summed E-state index contributed by atoms with van der Waals surface area (Å²) in [5.41, 5.74) is 0.715. The zero-order valence-electron chi connectivity index (χ0n) is 7.41. The number of aliphatic hydroxyl groups excluding tert-OH is 1. The average Bonchev–Trinajstić information content (AvgIpc) is 2.46. The molecule has 0 spiro atoms. The Morgan fingerprint density at radius 3 is 2.73 bits per heavy atom. The second kappa shape index (κ2) is 3.87. The summed E-state index contributed by atoms with van der Waals surface area (Å²) in [5.74, 6) is -1.12.